The third-order valence-corrected chi connectivity index (χ3v) is 4.17. The molecule has 2 aromatic rings. The average Bonchev–Trinajstić information content (AvgIpc) is 2.83. The molecule has 0 bridgehead atoms. The predicted octanol–water partition coefficient (Wildman–Crippen LogP) is 1.48. The van der Waals surface area contributed by atoms with E-state index in [2.05, 4.69) is 22.4 Å². The Labute approximate surface area is 143 Å². The van der Waals surface area contributed by atoms with Crippen molar-refractivity contribution in [3.8, 4) is 0 Å². The van der Waals surface area contributed by atoms with E-state index in [-0.39, 0.29) is 12.5 Å². The second kappa shape index (κ2) is 8.08. The Balaban J connectivity index is 2.03. The van der Waals surface area contributed by atoms with Crippen molar-refractivity contribution in [1.82, 2.24) is 20.0 Å². The molecule has 6 heteroatoms. The number of benzene rings is 1. The van der Waals surface area contributed by atoms with Gasteiger partial charge in [-0.15, -0.1) is 0 Å². The molecule has 6 nitrogen and oxygen atoms in total. The summed E-state index contributed by atoms with van der Waals surface area (Å²) < 4.78 is 1.86. The molecule has 1 heterocycles. The molecule has 0 unspecified atom stereocenters. The van der Waals surface area contributed by atoms with Gasteiger partial charge < -0.3 is 10.4 Å². The smallest absolute Gasteiger partial charge is 0.251 e. The zero-order valence-corrected chi connectivity index (χ0v) is 14.8. The quantitative estimate of drug-likeness (QED) is 0.807. The monoisotopic (exact) mass is 330 g/mol. The van der Waals surface area contributed by atoms with E-state index < -0.39 is 0 Å². The van der Waals surface area contributed by atoms with Crippen molar-refractivity contribution >= 4 is 5.91 Å². The molecule has 0 radical (unpaired) electrons. The summed E-state index contributed by atoms with van der Waals surface area (Å²) in [5.41, 5.74) is 5.13. The lowest BCUT2D eigenvalue weighted by molar-refractivity contribution is 0.0963. The molecule has 1 aromatic heterocycles. The summed E-state index contributed by atoms with van der Waals surface area (Å²) in [6.45, 7) is 6.24. The van der Waals surface area contributed by atoms with Crippen LogP contribution in [-0.4, -0.2) is 46.4 Å². The number of nitrogens with zero attached hydrogens (tertiary/aromatic N) is 3. The predicted molar refractivity (Wildman–Crippen MR) is 93.8 cm³/mol. The molecule has 2 N–H and O–H groups in total. The zero-order valence-electron chi connectivity index (χ0n) is 14.8. The molecule has 0 saturated carbocycles. The number of nitrogens with one attached hydrogen (secondary N) is 1. The van der Waals surface area contributed by atoms with Gasteiger partial charge in [-0.3, -0.25) is 14.4 Å². The topological polar surface area (TPSA) is 70.4 Å². The molecule has 0 saturated heterocycles. The molecule has 130 valence electrons. The van der Waals surface area contributed by atoms with E-state index in [9.17, 15) is 4.79 Å². The van der Waals surface area contributed by atoms with Gasteiger partial charge in [0.05, 0.1) is 18.8 Å². The second-order valence-corrected chi connectivity index (χ2v) is 6.04. The summed E-state index contributed by atoms with van der Waals surface area (Å²) in [5.74, 6) is -0.0718. The van der Waals surface area contributed by atoms with Crippen molar-refractivity contribution in [2.24, 2.45) is 0 Å². The maximum Gasteiger partial charge on any atom is 0.251 e. The van der Waals surface area contributed by atoms with Gasteiger partial charge in [-0.25, -0.2) is 0 Å². The van der Waals surface area contributed by atoms with Crippen LogP contribution >= 0.6 is 0 Å². The van der Waals surface area contributed by atoms with Crippen LogP contribution in [0.4, 0.5) is 0 Å². The standard InChI is InChI=1S/C18H26N4O2/c1-13-17(14(2)22(20-13)9-10-23)12-21(4)11-15-5-7-16(8-6-15)18(24)19-3/h5-8,23H,9-12H2,1-4H3,(H,19,24). The Hall–Kier alpha value is -2.18. The average molecular weight is 330 g/mol. The molecule has 0 spiro atoms. The zero-order chi connectivity index (χ0) is 17.7. The minimum Gasteiger partial charge on any atom is -0.394 e. The van der Waals surface area contributed by atoms with Gasteiger partial charge in [0, 0.05) is 37.0 Å². The fourth-order valence-corrected chi connectivity index (χ4v) is 2.82. The second-order valence-electron chi connectivity index (χ2n) is 6.04. The van der Waals surface area contributed by atoms with Crippen LogP contribution in [0.1, 0.15) is 32.9 Å². The first kappa shape index (κ1) is 18.2. The SMILES string of the molecule is CNC(=O)c1ccc(CN(C)Cc2c(C)nn(CCO)c2C)cc1. The van der Waals surface area contributed by atoms with Crippen LogP contribution in [0, 0.1) is 13.8 Å². The Morgan fingerprint density at radius 3 is 2.50 bits per heavy atom. The van der Waals surface area contributed by atoms with E-state index >= 15 is 0 Å². The number of hydrogen-bond donors (Lipinski definition) is 2. The molecule has 24 heavy (non-hydrogen) atoms. The highest BCUT2D eigenvalue weighted by Crippen LogP contribution is 2.16. The summed E-state index contributed by atoms with van der Waals surface area (Å²) in [5, 5.41) is 16.2. The van der Waals surface area contributed by atoms with Gasteiger partial charge in [0.15, 0.2) is 0 Å². The lowest BCUT2D eigenvalue weighted by atomic mass is 10.1. The number of rotatable bonds is 7. The summed E-state index contributed by atoms with van der Waals surface area (Å²) in [6.07, 6.45) is 0. The summed E-state index contributed by atoms with van der Waals surface area (Å²) >= 11 is 0. The highest BCUT2D eigenvalue weighted by atomic mass is 16.3. The maximum absolute atomic E-state index is 11.6. The third-order valence-electron chi connectivity index (χ3n) is 4.17. The molecular weight excluding hydrogens is 304 g/mol. The minimum atomic E-state index is -0.0718. The lowest BCUT2D eigenvalue weighted by Gasteiger charge is -2.17. The van der Waals surface area contributed by atoms with Crippen LogP contribution in [-0.2, 0) is 19.6 Å². The lowest BCUT2D eigenvalue weighted by Crippen LogP contribution is -2.19. The molecule has 0 atom stereocenters. The fraction of sp³-hybridized carbons (Fsp3) is 0.444. The molecule has 0 fully saturated rings. The minimum absolute atomic E-state index is 0.0718. The number of hydrogen-bond acceptors (Lipinski definition) is 4. The number of carbonyl (C=O) groups excluding carboxylic acids is 1. The maximum atomic E-state index is 11.6. The molecule has 1 aromatic carbocycles. The van der Waals surface area contributed by atoms with E-state index in [1.807, 2.05) is 42.8 Å². The van der Waals surface area contributed by atoms with Crippen LogP contribution in [0.2, 0.25) is 0 Å². The van der Waals surface area contributed by atoms with E-state index in [0.29, 0.717) is 12.1 Å². The van der Waals surface area contributed by atoms with E-state index in [4.69, 9.17) is 5.11 Å². The van der Waals surface area contributed by atoms with Gasteiger partial charge >= 0.3 is 0 Å². The van der Waals surface area contributed by atoms with Crippen LogP contribution < -0.4 is 5.32 Å². The Bertz CT molecular complexity index is 692. The largest absolute Gasteiger partial charge is 0.394 e. The third kappa shape index (κ3) is 4.21. The van der Waals surface area contributed by atoms with E-state index in [1.54, 1.807) is 7.05 Å². The first-order chi connectivity index (χ1) is 11.5. The highest BCUT2D eigenvalue weighted by Gasteiger charge is 2.13. The summed E-state index contributed by atoms with van der Waals surface area (Å²) in [7, 11) is 3.70. The van der Waals surface area contributed by atoms with Crippen molar-refractivity contribution in [3.05, 3.63) is 52.3 Å². The van der Waals surface area contributed by atoms with E-state index in [1.165, 1.54) is 5.56 Å². The van der Waals surface area contributed by atoms with Gasteiger partial charge in [0.2, 0.25) is 0 Å². The van der Waals surface area contributed by atoms with Crippen molar-refractivity contribution in [2.45, 2.75) is 33.5 Å². The molecule has 0 aliphatic carbocycles. The van der Waals surface area contributed by atoms with Crippen LogP contribution in [0.15, 0.2) is 24.3 Å². The Morgan fingerprint density at radius 2 is 1.92 bits per heavy atom. The van der Waals surface area contributed by atoms with E-state index in [0.717, 1.165) is 30.0 Å². The van der Waals surface area contributed by atoms with Gasteiger partial charge in [-0.2, -0.15) is 5.10 Å². The van der Waals surface area contributed by atoms with Crippen LogP contribution in [0.5, 0.6) is 0 Å². The highest BCUT2D eigenvalue weighted by molar-refractivity contribution is 5.93. The van der Waals surface area contributed by atoms with Crippen molar-refractivity contribution in [3.63, 3.8) is 0 Å². The van der Waals surface area contributed by atoms with Crippen molar-refractivity contribution in [1.29, 1.82) is 0 Å². The molecule has 1 amide bonds. The number of carbonyl (C=O) groups is 1. The number of aliphatic hydroxyl groups excluding tert-OH is 1. The van der Waals surface area contributed by atoms with Gasteiger partial charge in [-0.1, -0.05) is 12.1 Å². The van der Waals surface area contributed by atoms with Crippen molar-refractivity contribution in [2.75, 3.05) is 20.7 Å². The van der Waals surface area contributed by atoms with Gasteiger partial charge in [-0.05, 0) is 38.6 Å². The van der Waals surface area contributed by atoms with Gasteiger partial charge in [0.1, 0.15) is 0 Å². The number of aliphatic hydroxyl groups is 1. The van der Waals surface area contributed by atoms with Crippen molar-refractivity contribution < 1.29 is 9.90 Å². The molecule has 0 aliphatic rings. The van der Waals surface area contributed by atoms with Crippen LogP contribution in [0.25, 0.3) is 0 Å². The van der Waals surface area contributed by atoms with Gasteiger partial charge in [0.25, 0.3) is 5.91 Å². The number of aromatic nitrogens is 2. The number of aryl methyl sites for hydroxylation is 1. The van der Waals surface area contributed by atoms with Crippen LogP contribution in [0.3, 0.4) is 0 Å². The molecular formula is C18H26N4O2. The summed E-state index contributed by atoms with van der Waals surface area (Å²) in [6, 6.07) is 7.65. The first-order valence-corrected chi connectivity index (χ1v) is 8.09. The Morgan fingerprint density at radius 1 is 1.25 bits per heavy atom. The molecule has 2 rings (SSSR count). The normalized spacial score (nSPS) is 11.1. The number of amides is 1. The molecule has 0 aliphatic heterocycles. The Kier molecular flexibility index (Phi) is 6.11. The summed E-state index contributed by atoms with van der Waals surface area (Å²) in [4.78, 5) is 13.8. The fourth-order valence-electron chi connectivity index (χ4n) is 2.82. The first-order valence-electron chi connectivity index (χ1n) is 8.09.